The van der Waals surface area contributed by atoms with E-state index < -0.39 is 5.97 Å². The maximum atomic E-state index is 11.4. The Morgan fingerprint density at radius 1 is 1.47 bits per heavy atom. The molecular weight excluding hydrogens is 386 g/mol. The molecule has 0 fully saturated rings. The third-order valence-electron chi connectivity index (χ3n) is 2.15. The van der Waals surface area contributed by atoms with Crippen molar-refractivity contribution in [2.45, 2.75) is 0 Å². The molecule has 0 atom stereocenters. The Morgan fingerprint density at radius 3 is 2.89 bits per heavy atom. The zero-order valence-electron chi connectivity index (χ0n) is 9.18. The summed E-state index contributed by atoms with van der Waals surface area (Å²) in [5, 5.41) is 9.05. The molecule has 8 heteroatoms. The number of hydrogen-bond donors (Lipinski definition) is 2. The number of benzene rings is 1. The lowest BCUT2D eigenvalue weighted by atomic mass is 10.2. The summed E-state index contributed by atoms with van der Waals surface area (Å²) in [4.78, 5) is 28.6. The molecule has 0 saturated carbocycles. The van der Waals surface area contributed by atoms with E-state index in [9.17, 15) is 9.59 Å². The van der Waals surface area contributed by atoms with Crippen LogP contribution in [0.3, 0.4) is 0 Å². The minimum Gasteiger partial charge on any atom is -0.478 e. The molecule has 0 spiro atoms. The van der Waals surface area contributed by atoms with Gasteiger partial charge in [0, 0.05) is 0 Å². The van der Waals surface area contributed by atoms with Crippen LogP contribution < -0.4 is 10.3 Å². The number of aromatic amines is 1. The average Bonchev–Trinajstić information content (AvgIpc) is 2.37. The minimum absolute atomic E-state index is 0.0842. The standard InChI is InChI=1S/C11H6ClIN2O4/c12-7-2-1-5(3-6(7)11(17)18)19-10-8(13)9(16)14-4-15-10/h1-4H,(H,17,18)(H,14,15,16). The SMILES string of the molecule is O=C(O)c1cc(Oc2nc[nH]c(=O)c2I)ccc1Cl. The van der Waals surface area contributed by atoms with Gasteiger partial charge in [-0.25, -0.2) is 9.78 Å². The molecule has 2 aromatic rings. The normalized spacial score (nSPS) is 10.2. The largest absolute Gasteiger partial charge is 0.478 e. The van der Waals surface area contributed by atoms with Gasteiger partial charge in [0.05, 0.1) is 16.9 Å². The second kappa shape index (κ2) is 5.57. The first kappa shape index (κ1) is 13.8. The molecule has 6 nitrogen and oxygen atoms in total. The Bertz CT molecular complexity index is 701. The maximum absolute atomic E-state index is 11.4. The molecule has 19 heavy (non-hydrogen) atoms. The Labute approximate surface area is 125 Å². The van der Waals surface area contributed by atoms with E-state index in [0.29, 0.717) is 0 Å². The van der Waals surface area contributed by atoms with Crippen LogP contribution in [0.4, 0.5) is 0 Å². The van der Waals surface area contributed by atoms with Crippen molar-refractivity contribution in [3.05, 3.63) is 49.0 Å². The van der Waals surface area contributed by atoms with Gasteiger partial charge in [-0.15, -0.1) is 0 Å². The summed E-state index contributed by atoms with van der Waals surface area (Å²) in [5.41, 5.74) is -0.419. The zero-order chi connectivity index (χ0) is 14.0. The van der Waals surface area contributed by atoms with Crippen LogP contribution in [-0.4, -0.2) is 21.0 Å². The van der Waals surface area contributed by atoms with Gasteiger partial charge in [-0.2, -0.15) is 0 Å². The van der Waals surface area contributed by atoms with Crippen LogP contribution >= 0.6 is 34.2 Å². The molecule has 0 unspecified atom stereocenters. The van der Waals surface area contributed by atoms with E-state index >= 15 is 0 Å². The van der Waals surface area contributed by atoms with E-state index in [1.165, 1.54) is 24.5 Å². The van der Waals surface area contributed by atoms with E-state index in [-0.39, 0.29) is 31.3 Å². The van der Waals surface area contributed by atoms with Crippen LogP contribution in [0, 0.1) is 3.57 Å². The van der Waals surface area contributed by atoms with Crippen molar-refractivity contribution in [3.63, 3.8) is 0 Å². The predicted octanol–water partition coefficient (Wildman–Crippen LogP) is 2.52. The topological polar surface area (TPSA) is 92.3 Å². The molecule has 98 valence electrons. The van der Waals surface area contributed by atoms with Crippen LogP contribution in [-0.2, 0) is 0 Å². The van der Waals surface area contributed by atoms with Crippen molar-refractivity contribution in [1.82, 2.24) is 9.97 Å². The van der Waals surface area contributed by atoms with Gasteiger partial charge in [-0.05, 0) is 40.8 Å². The van der Waals surface area contributed by atoms with Crippen molar-refractivity contribution in [1.29, 1.82) is 0 Å². The molecule has 1 aromatic carbocycles. The van der Waals surface area contributed by atoms with Gasteiger partial charge in [0.25, 0.3) is 5.56 Å². The fourth-order valence-electron chi connectivity index (χ4n) is 1.28. The molecule has 1 aromatic heterocycles. The van der Waals surface area contributed by atoms with Crippen molar-refractivity contribution in [3.8, 4) is 11.6 Å². The molecular formula is C11H6ClIN2O4. The first-order valence-electron chi connectivity index (χ1n) is 4.93. The third kappa shape index (κ3) is 3.04. The molecule has 0 aliphatic carbocycles. The van der Waals surface area contributed by atoms with Gasteiger partial charge < -0.3 is 14.8 Å². The number of carbonyl (C=O) groups is 1. The highest BCUT2D eigenvalue weighted by Gasteiger charge is 2.12. The van der Waals surface area contributed by atoms with Crippen molar-refractivity contribution in [2.24, 2.45) is 0 Å². The molecule has 0 saturated heterocycles. The zero-order valence-corrected chi connectivity index (χ0v) is 12.1. The third-order valence-corrected chi connectivity index (χ3v) is 3.43. The number of aromatic nitrogens is 2. The van der Waals surface area contributed by atoms with Crippen molar-refractivity contribution >= 4 is 40.2 Å². The highest BCUT2D eigenvalue weighted by molar-refractivity contribution is 14.1. The molecule has 0 aliphatic rings. The van der Waals surface area contributed by atoms with Gasteiger partial charge in [-0.1, -0.05) is 11.6 Å². The first-order chi connectivity index (χ1) is 8.99. The maximum Gasteiger partial charge on any atom is 0.337 e. The van der Waals surface area contributed by atoms with E-state index in [4.69, 9.17) is 21.4 Å². The van der Waals surface area contributed by atoms with Crippen molar-refractivity contribution < 1.29 is 14.6 Å². The highest BCUT2D eigenvalue weighted by atomic mass is 127. The summed E-state index contributed by atoms with van der Waals surface area (Å²) in [6, 6.07) is 4.16. The number of rotatable bonds is 3. The number of ether oxygens (including phenoxy) is 1. The lowest BCUT2D eigenvalue weighted by molar-refractivity contribution is 0.0696. The van der Waals surface area contributed by atoms with Gasteiger partial charge in [-0.3, -0.25) is 4.79 Å². The van der Waals surface area contributed by atoms with Crippen LogP contribution in [0.5, 0.6) is 11.6 Å². The second-order valence-corrected chi connectivity index (χ2v) is 4.89. The first-order valence-corrected chi connectivity index (χ1v) is 6.38. The predicted molar refractivity (Wildman–Crippen MR) is 76.1 cm³/mol. The molecule has 0 bridgehead atoms. The number of carboxylic acids is 1. The number of nitrogens with one attached hydrogen (secondary N) is 1. The lowest BCUT2D eigenvalue weighted by Gasteiger charge is -2.07. The summed E-state index contributed by atoms with van der Waals surface area (Å²) in [7, 11) is 0. The lowest BCUT2D eigenvalue weighted by Crippen LogP contribution is -2.11. The number of hydrogen-bond acceptors (Lipinski definition) is 4. The van der Waals surface area contributed by atoms with Gasteiger partial charge in [0.2, 0.25) is 5.88 Å². The quantitative estimate of drug-likeness (QED) is 0.783. The molecule has 0 aliphatic heterocycles. The number of H-pyrrole nitrogens is 1. The number of halogens is 2. The molecule has 1 heterocycles. The smallest absolute Gasteiger partial charge is 0.337 e. The minimum atomic E-state index is -1.16. The summed E-state index contributed by atoms with van der Waals surface area (Å²) in [5.74, 6) is -0.829. The average molecular weight is 393 g/mol. The van der Waals surface area contributed by atoms with Gasteiger partial charge >= 0.3 is 5.97 Å². The highest BCUT2D eigenvalue weighted by Crippen LogP contribution is 2.26. The Hall–Kier alpha value is -1.61. The summed E-state index contributed by atoms with van der Waals surface area (Å²) in [6.07, 6.45) is 1.20. The molecule has 2 rings (SSSR count). The van der Waals surface area contributed by atoms with Crippen LogP contribution in [0.1, 0.15) is 10.4 Å². The number of nitrogens with zero attached hydrogens (tertiary/aromatic N) is 1. The Morgan fingerprint density at radius 2 is 2.21 bits per heavy atom. The number of aromatic carboxylic acids is 1. The molecule has 2 N–H and O–H groups in total. The van der Waals surface area contributed by atoms with E-state index in [1.54, 1.807) is 22.6 Å². The van der Waals surface area contributed by atoms with Gasteiger partial charge in [0.15, 0.2) is 0 Å². The van der Waals surface area contributed by atoms with E-state index in [1.807, 2.05) is 0 Å². The fraction of sp³-hybridized carbons (Fsp3) is 0. The Kier molecular flexibility index (Phi) is 4.05. The van der Waals surface area contributed by atoms with E-state index in [0.717, 1.165) is 0 Å². The fourth-order valence-corrected chi connectivity index (χ4v) is 1.88. The summed E-state index contributed by atoms with van der Waals surface area (Å²) >= 11 is 7.53. The Balaban J connectivity index is 2.39. The van der Waals surface area contributed by atoms with Crippen LogP contribution in [0.25, 0.3) is 0 Å². The van der Waals surface area contributed by atoms with Crippen LogP contribution in [0.15, 0.2) is 29.3 Å². The van der Waals surface area contributed by atoms with Crippen molar-refractivity contribution in [2.75, 3.05) is 0 Å². The monoisotopic (exact) mass is 392 g/mol. The summed E-state index contributed by atoms with van der Waals surface area (Å²) in [6.45, 7) is 0. The van der Waals surface area contributed by atoms with Crippen LogP contribution in [0.2, 0.25) is 5.02 Å². The summed E-state index contributed by atoms with van der Waals surface area (Å²) < 4.78 is 5.65. The molecule has 0 radical (unpaired) electrons. The number of carboxylic acid groups (broad SMARTS) is 1. The second-order valence-electron chi connectivity index (χ2n) is 3.40. The molecule has 0 amide bonds. The van der Waals surface area contributed by atoms with E-state index in [2.05, 4.69) is 9.97 Å². The van der Waals surface area contributed by atoms with Gasteiger partial charge in [0.1, 0.15) is 9.32 Å².